The van der Waals surface area contributed by atoms with Crippen LogP contribution >= 0.6 is 15.9 Å². The Kier molecular flexibility index (Phi) is 5.21. The number of ether oxygens (including phenoxy) is 2. The van der Waals surface area contributed by atoms with Crippen LogP contribution in [-0.4, -0.2) is 50.7 Å². The number of aromatic nitrogens is 3. The number of aromatic amines is 1. The first-order chi connectivity index (χ1) is 13.8. The number of nitrogens with zero attached hydrogens (tertiary/aromatic N) is 3. The second-order valence-electron chi connectivity index (χ2n) is 8.04. The third kappa shape index (κ3) is 4.22. The van der Waals surface area contributed by atoms with Gasteiger partial charge in [0.1, 0.15) is 23.0 Å². The number of hydrogen-bond acceptors (Lipinski definition) is 5. The number of H-pyrrole nitrogens is 1. The third-order valence-electron chi connectivity index (χ3n) is 4.64. The molecule has 1 saturated heterocycles. The Balaban J connectivity index is 1.54. The van der Waals surface area contributed by atoms with Gasteiger partial charge in [-0.15, -0.1) is 0 Å². The summed E-state index contributed by atoms with van der Waals surface area (Å²) < 4.78 is 12.6. The van der Waals surface area contributed by atoms with Gasteiger partial charge >= 0.3 is 6.09 Å². The van der Waals surface area contributed by atoms with Crippen LogP contribution in [0.2, 0.25) is 0 Å². The number of likely N-dealkylation sites (tertiary alicyclic amines) is 1. The van der Waals surface area contributed by atoms with Crippen LogP contribution in [0.1, 0.15) is 27.2 Å². The van der Waals surface area contributed by atoms with Crippen molar-refractivity contribution in [2.45, 2.75) is 38.9 Å². The van der Waals surface area contributed by atoms with E-state index in [1.54, 1.807) is 23.5 Å². The first kappa shape index (κ1) is 19.7. The molecule has 1 atom stereocenters. The number of carbonyl (C=O) groups excluding carboxylic acids is 1. The van der Waals surface area contributed by atoms with Gasteiger partial charge in [-0.3, -0.25) is 9.97 Å². The highest BCUT2D eigenvalue weighted by Crippen LogP contribution is 2.38. The van der Waals surface area contributed by atoms with Crippen molar-refractivity contribution in [1.82, 2.24) is 19.9 Å². The second-order valence-corrected chi connectivity index (χ2v) is 8.83. The monoisotopic (exact) mass is 458 g/mol. The van der Waals surface area contributed by atoms with E-state index in [1.807, 2.05) is 39.0 Å². The van der Waals surface area contributed by atoms with Crippen LogP contribution in [-0.2, 0) is 4.74 Å². The van der Waals surface area contributed by atoms with Crippen LogP contribution in [0.15, 0.2) is 41.3 Å². The van der Waals surface area contributed by atoms with Crippen molar-refractivity contribution in [2.24, 2.45) is 0 Å². The molecule has 152 valence electrons. The standard InChI is InChI=1S/C21H23BrN4O3/c1-21(2,3)29-20(27)26-10-7-13(12-26)28-16-11-23-9-6-14(16)18-17(22)19-15(25-18)5-4-8-24-19/h4-6,8-9,11,13,25H,7,10,12H2,1-3H3/t13-/m1/s1. The van der Waals surface area contributed by atoms with E-state index in [1.165, 1.54) is 0 Å². The molecule has 1 aliphatic heterocycles. The van der Waals surface area contributed by atoms with E-state index < -0.39 is 5.60 Å². The molecule has 1 amide bonds. The molecule has 0 bridgehead atoms. The molecule has 4 rings (SSSR count). The highest BCUT2D eigenvalue weighted by atomic mass is 79.9. The molecule has 3 aromatic rings. The van der Waals surface area contributed by atoms with Crippen molar-refractivity contribution < 1.29 is 14.3 Å². The van der Waals surface area contributed by atoms with Gasteiger partial charge in [0.15, 0.2) is 0 Å². The van der Waals surface area contributed by atoms with E-state index in [0.29, 0.717) is 18.8 Å². The van der Waals surface area contributed by atoms with E-state index in [2.05, 4.69) is 30.9 Å². The summed E-state index contributed by atoms with van der Waals surface area (Å²) in [6.07, 6.45) is 5.51. The van der Waals surface area contributed by atoms with Crippen molar-refractivity contribution in [3.05, 3.63) is 41.3 Å². The molecule has 0 unspecified atom stereocenters. The molecule has 0 radical (unpaired) electrons. The van der Waals surface area contributed by atoms with Crippen molar-refractivity contribution in [3.8, 4) is 17.0 Å². The van der Waals surface area contributed by atoms with Crippen LogP contribution in [0.25, 0.3) is 22.3 Å². The van der Waals surface area contributed by atoms with Gasteiger partial charge in [0.2, 0.25) is 0 Å². The molecule has 0 aliphatic carbocycles. The maximum Gasteiger partial charge on any atom is 0.410 e. The molecule has 1 aliphatic rings. The van der Waals surface area contributed by atoms with Crippen LogP contribution in [0, 0.1) is 0 Å². The number of nitrogens with one attached hydrogen (secondary N) is 1. The number of pyridine rings is 2. The van der Waals surface area contributed by atoms with Gasteiger partial charge in [-0.05, 0) is 54.9 Å². The van der Waals surface area contributed by atoms with E-state index in [4.69, 9.17) is 9.47 Å². The summed E-state index contributed by atoms with van der Waals surface area (Å²) in [7, 11) is 0. The van der Waals surface area contributed by atoms with E-state index >= 15 is 0 Å². The lowest BCUT2D eigenvalue weighted by atomic mass is 10.2. The van der Waals surface area contributed by atoms with Gasteiger partial charge in [0, 0.05) is 30.9 Å². The molecule has 1 fully saturated rings. The highest BCUT2D eigenvalue weighted by molar-refractivity contribution is 9.10. The van der Waals surface area contributed by atoms with E-state index in [9.17, 15) is 4.79 Å². The quantitative estimate of drug-likeness (QED) is 0.610. The minimum absolute atomic E-state index is 0.119. The van der Waals surface area contributed by atoms with Crippen LogP contribution < -0.4 is 4.74 Å². The number of fused-ring (bicyclic) bond motifs is 1. The Morgan fingerprint density at radius 2 is 2.14 bits per heavy atom. The Morgan fingerprint density at radius 3 is 2.90 bits per heavy atom. The van der Waals surface area contributed by atoms with Crippen molar-refractivity contribution in [2.75, 3.05) is 13.1 Å². The normalized spacial score (nSPS) is 17.0. The van der Waals surface area contributed by atoms with Crippen molar-refractivity contribution in [1.29, 1.82) is 0 Å². The topological polar surface area (TPSA) is 80.3 Å². The van der Waals surface area contributed by atoms with Gasteiger partial charge in [-0.2, -0.15) is 0 Å². The van der Waals surface area contributed by atoms with Crippen LogP contribution in [0.4, 0.5) is 4.79 Å². The molecule has 29 heavy (non-hydrogen) atoms. The fourth-order valence-corrected chi connectivity index (χ4v) is 3.98. The van der Waals surface area contributed by atoms with Gasteiger partial charge in [-0.1, -0.05) is 0 Å². The SMILES string of the molecule is CC(C)(C)OC(=O)N1CC[C@@H](Oc2cnccc2-c2[nH]c3cccnc3c2Br)C1. The summed E-state index contributed by atoms with van der Waals surface area (Å²) in [4.78, 5) is 26.0. The second kappa shape index (κ2) is 7.67. The fraction of sp³-hybridized carbons (Fsp3) is 0.381. The maximum absolute atomic E-state index is 12.3. The minimum Gasteiger partial charge on any atom is -0.486 e. The predicted octanol–water partition coefficient (Wildman–Crippen LogP) is 4.78. The van der Waals surface area contributed by atoms with E-state index in [-0.39, 0.29) is 12.2 Å². The van der Waals surface area contributed by atoms with Crippen LogP contribution in [0.5, 0.6) is 5.75 Å². The maximum atomic E-state index is 12.3. The number of carbonyl (C=O) groups is 1. The van der Waals surface area contributed by atoms with Crippen LogP contribution in [0.3, 0.4) is 0 Å². The minimum atomic E-state index is -0.511. The number of halogens is 1. The Morgan fingerprint density at radius 1 is 1.31 bits per heavy atom. The lowest BCUT2D eigenvalue weighted by Gasteiger charge is -2.24. The Hall–Kier alpha value is -2.61. The zero-order valence-corrected chi connectivity index (χ0v) is 18.2. The van der Waals surface area contributed by atoms with Gasteiger partial charge < -0.3 is 19.4 Å². The third-order valence-corrected chi connectivity index (χ3v) is 5.41. The first-order valence-electron chi connectivity index (χ1n) is 9.53. The molecule has 3 aromatic heterocycles. The highest BCUT2D eigenvalue weighted by Gasteiger charge is 2.31. The average molecular weight is 459 g/mol. The molecular weight excluding hydrogens is 436 g/mol. The zero-order chi connectivity index (χ0) is 20.6. The molecular formula is C21H23BrN4O3. The number of rotatable bonds is 3. The average Bonchev–Trinajstić information content (AvgIpc) is 3.26. The van der Waals surface area contributed by atoms with Crippen molar-refractivity contribution >= 4 is 33.1 Å². The molecule has 1 N–H and O–H groups in total. The molecule has 8 heteroatoms. The number of amides is 1. The number of hydrogen-bond donors (Lipinski definition) is 1. The fourth-order valence-electron chi connectivity index (χ4n) is 3.35. The summed E-state index contributed by atoms with van der Waals surface area (Å²) in [6, 6.07) is 5.78. The zero-order valence-electron chi connectivity index (χ0n) is 16.6. The summed E-state index contributed by atoms with van der Waals surface area (Å²) in [5, 5.41) is 0. The van der Waals surface area contributed by atoms with Gasteiger partial charge in [0.25, 0.3) is 0 Å². The summed E-state index contributed by atoms with van der Waals surface area (Å²) in [5.74, 6) is 0.663. The summed E-state index contributed by atoms with van der Waals surface area (Å²) in [5.41, 5.74) is 3.07. The van der Waals surface area contributed by atoms with Gasteiger partial charge in [-0.25, -0.2) is 4.79 Å². The van der Waals surface area contributed by atoms with E-state index in [0.717, 1.165) is 33.2 Å². The predicted molar refractivity (Wildman–Crippen MR) is 114 cm³/mol. The molecule has 0 aromatic carbocycles. The lowest BCUT2D eigenvalue weighted by Crippen LogP contribution is -2.36. The molecule has 0 spiro atoms. The summed E-state index contributed by atoms with van der Waals surface area (Å²) >= 11 is 3.65. The molecule has 7 nitrogen and oxygen atoms in total. The van der Waals surface area contributed by atoms with Gasteiger partial charge in [0.05, 0.1) is 28.4 Å². The molecule has 0 saturated carbocycles. The smallest absolute Gasteiger partial charge is 0.410 e. The molecule has 4 heterocycles. The van der Waals surface area contributed by atoms with Crippen molar-refractivity contribution in [3.63, 3.8) is 0 Å². The Labute approximate surface area is 177 Å². The first-order valence-corrected chi connectivity index (χ1v) is 10.3. The largest absolute Gasteiger partial charge is 0.486 e. The lowest BCUT2D eigenvalue weighted by molar-refractivity contribution is 0.0276. The summed E-state index contributed by atoms with van der Waals surface area (Å²) in [6.45, 7) is 6.69. The Bertz CT molecular complexity index is 1040.